The van der Waals surface area contributed by atoms with Gasteiger partial charge in [-0.25, -0.2) is 0 Å². The first-order valence-corrected chi connectivity index (χ1v) is 10.5. The van der Waals surface area contributed by atoms with Gasteiger partial charge in [-0.3, -0.25) is 4.98 Å². The summed E-state index contributed by atoms with van der Waals surface area (Å²) in [6, 6.07) is 7.83. The SMILES string of the molecule is Cc1c(OCCCCOc2cccnc2CN(C)C)ccc(CCC(C)C)c1O. The minimum absolute atomic E-state index is 0.372. The monoisotopic (exact) mass is 400 g/mol. The second-order valence-corrected chi connectivity index (χ2v) is 8.22. The van der Waals surface area contributed by atoms with Crippen molar-refractivity contribution in [1.29, 1.82) is 0 Å². The molecule has 2 aromatic rings. The Kier molecular flexibility index (Phi) is 9.26. The lowest BCUT2D eigenvalue weighted by Crippen LogP contribution is -2.13. The summed E-state index contributed by atoms with van der Waals surface area (Å²) in [5, 5.41) is 10.4. The molecule has 0 amide bonds. The molecule has 0 aliphatic heterocycles. The molecule has 2 rings (SSSR count). The molecule has 1 aromatic heterocycles. The molecule has 0 saturated carbocycles. The van der Waals surface area contributed by atoms with Gasteiger partial charge in [-0.05, 0) is 76.4 Å². The maximum Gasteiger partial charge on any atom is 0.142 e. The number of unbranched alkanes of at least 4 members (excludes halogenated alkanes) is 1. The molecule has 0 unspecified atom stereocenters. The largest absolute Gasteiger partial charge is 0.507 e. The van der Waals surface area contributed by atoms with Crippen LogP contribution in [0.1, 0.15) is 49.9 Å². The summed E-state index contributed by atoms with van der Waals surface area (Å²) in [6.07, 6.45) is 5.55. The molecule has 0 atom stereocenters. The van der Waals surface area contributed by atoms with Gasteiger partial charge in [-0.1, -0.05) is 19.9 Å². The van der Waals surface area contributed by atoms with E-state index in [9.17, 15) is 5.11 Å². The maximum absolute atomic E-state index is 10.4. The molecule has 0 saturated heterocycles. The minimum atomic E-state index is 0.372. The Morgan fingerprint density at radius 3 is 2.38 bits per heavy atom. The molecular formula is C24H36N2O3. The number of hydrogen-bond donors (Lipinski definition) is 1. The molecule has 1 aromatic carbocycles. The molecule has 1 N–H and O–H groups in total. The van der Waals surface area contributed by atoms with Gasteiger partial charge in [0.1, 0.15) is 17.2 Å². The zero-order valence-electron chi connectivity index (χ0n) is 18.6. The molecule has 0 spiro atoms. The van der Waals surface area contributed by atoms with Crippen LogP contribution in [0, 0.1) is 12.8 Å². The van der Waals surface area contributed by atoms with Crippen LogP contribution in [0.4, 0.5) is 0 Å². The highest BCUT2D eigenvalue weighted by Crippen LogP contribution is 2.31. The van der Waals surface area contributed by atoms with E-state index in [2.05, 4.69) is 23.7 Å². The van der Waals surface area contributed by atoms with Crippen LogP contribution in [0.5, 0.6) is 17.2 Å². The van der Waals surface area contributed by atoms with E-state index in [-0.39, 0.29) is 0 Å². The fourth-order valence-electron chi connectivity index (χ4n) is 3.08. The molecule has 5 nitrogen and oxygen atoms in total. The molecule has 0 fully saturated rings. The van der Waals surface area contributed by atoms with Gasteiger partial charge in [-0.15, -0.1) is 0 Å². The van der Waals surface area contributed by atoms with Crippen LogP contribution in [0.3, 0.4) is 0 Å². The van der Waals surface area contributed by atoms with Crippen molar-refractivity contribution < 1.29 is 14.6 Å². The Morgan fingerprint density at radius 1 is 1.03 bits per heavy atom. The Hall–Kier alpha value is -2.27. The Bertz CT molecular complexity index is 760. The van der Waals surface area contributed by atoms with Crippen molar-refractivity contribution in [2.24, 2.45) is 5.92 Å². The van der Waals surface area contributed by atoms with E-state index in [1.54, 1.807) is 6.20 Å². The van der Waals surface area contributed by atoms with Gasteiger partial charge in [0.25, 0.3) is 0 Å². The van der Waals surface area contributed by atoms with Gasteiger partial charge in [0.15, 0.2) is 0 Å². The third-order valence-corrected chi connectivity index (χ3v) is 4.82. The summed E-state index contributed by atoms with van der Waals surface area (Å²) in [6.45, 7) is 8.31. The van der Waals surface area contributed by atoms with E-state index in [0.29, 0.717) is 24.9 Å². The van der Waals surface area contributed by atoms with E-state index < -0.39 is 0 Å². The average Bonchev–Trinajstić information content (AvgIpc) is 2.67. The smallest absolute Gasteiger partial charge is 0.142 e. The first-order valence-electron chi connectivity index (χ1n) is 10.5. The zero-order chi connectivity index (χ0) is 21.2. The first kappa shape index (κ1) is 23.0. The predicted octanol–water partition coefficient (Wildman–Crippen LogP) is 4.98. The van der Waals surface area contributed by atoms with Crippen LogP contribution in [0.2, 0.25) is 0 Å². The highest BCUT2D eigenvalue weighted by Gasteiger charge is 2.11. The topological polar surface area (TPSA) is 54.8 Å². The summed E-state index contributed by atoms with van der Waals surface area (Å²) < 4.78 is 11.8. The van der Waals surface area contributed by atoms with Gasteiger partial charge in [0, 0.05) is 18.3 Å². The zero-order valence-corrected chi connectivity index (χ0v) is 18.6. The number of rotatable bonds is 12. The number of phenolic OH excluding ortho intramolecular Hbond substituents is 1. The average molecular weight is 401 g/mol. The Labute approximate surface area is 175 Å². The lowest BCUT2D eigenvalue weighted by Gasteiger charge is -2.15. The minimum Gasteiger partial charge on any atom is -0.507 e. The van der Waals surface area contributed by atoms with Crippen LogP contribution in [-0.4, -0.2) is 42.3 Å². The number of aromatic nitrogens is 1. The normalized spacial score (nSPS) is 11.3. The summed E-state index contributed by atoms with van der Waals surface area (Å²) in [5.74, 6) is 2.60. The van der Waals surface area contributed by atoms with Gasteiger partial charge in [0.05, 0.1) is 18.9 Å². The van der Waals surface area contributed by atoms with Gasteiger partial charge in [0.2, 0.25) is 0 Å². The van der Waals surface area contributed by atoms with Gasteiger partial charge < -0.3 is 19.5 Å². The second kappa shape index (κ2) is 11.7. The highest BCUT2D eigenvalue weighted by molar-refractivity contribution is 5.48. The van der Waals surface area contributed by atoms with Crippen LogP contribution in [0.15, 0.2) is 30.5 Å². The van der Waals surface area contributed by atoms with Crippen molar-refractivity contribution in [2.45, 2.75) is 53.0 Å². The molecular weight excluding hydrogens is 364 g/mol. The first-order chi connectivity index (χ1) is 13.9. The standard InChI is InChI=1S/C24H36N2O3/c1-18(2)10-11-20-12-13-22(19(3)24(20)27)28-15-6-7-16-29-23-9-8-14-25-21(23)17-26(4)5/h8-9,12-14,18,27H,6-7,10-11,15-17H2,1-5H3. The molecule has 1 heterocycles. The van der Waals surface area contributed by atoms with Gasteiger partial charge in [-0.2, -0.15) is 0 Å². The highest BCUT2D eigenvalue weighted by atomic mass is 16.5. The molecule has 29 heavy (non-hydrogen) atoms. The quantitative estimate of drug-likeness (QED) is 0.509. The van der Waals surface area contributed by atoms with Crippen LogP contribution in [0.25, 0.3) is 0 Å². The van der Waals surface area contributed by atoms with Crippen molar-refractivity contribution in [3.63, 3.8) is 0 Å². The fourth-order valence-corrected chi connectivity index (χ4v) is 3.08. The number of hydrogen-bond acceptors (Lipinski definition) is 5. The van der Waals surface area contributed by atoms with Crippen molar-refractivity contribution >= 4 is 0 Å². The van der Waals surface area contributed by atoms with E-state index in [1.165, 1.54) is 0 Å². The molecule has 0 aliphatic rings. The number of aromatic hydroxyl groups is 1. The predicted molar refractivity (Wildman–Crippen MR) is 118 cm³/mol. The Balaban J connectivity index is 1.75. The summed E-state index contributed by atoms with van der Waals surface area (Å²) >= 11 is 0. The van der Waals surface area contributed by atoms with Crippen molar-refractivity contribution in [2.75, 3.05) is 27.3 Å². The van der Waals surface area contributed by atoms with Crippen LogP contribution >= 0.6 is 0 Å². The number of aryl methyl sites for hydroxylation is 1. The summed E-state index contributed by atoms with van der Waals surface area (Å²) in [4.78, 5) is 6.48. The third kappa shape index (κ3) is 7.58. The lowest BCUT2D eigenvalue weighted by atomic mass is 10.00. The number of nitrogens with zero attached hydrogens (tertiary/aromatic N) is 2. The fraction of sp³-hybridized carbons (Fsp3) is 0.542. The third-order valence-electron chi connectivity index (χ3n) is 4.82. The number of pyridine rings is 1. The van der Waals surface area contributed by atoms with E-state index in [4.69, 9.17) is 9.47 Å². The van der Waals surface area contributed by atoms with Crippen molar-refractivity contribution in [3.05, 3.63) is 47.3 Å². The molecule has 0 bridgehead atoms. The number of phenols is 1. The van der Waals surface area contributed by atoms with E-state index >= 15 is 0 Å². The number of ether oxygens (including phenoxy) is 2. The van der Waals surface area contributed by atoms with Crippen molar-refractivity contribution in [3.8, 4) is 17.2 Å². The molecule has 0 aliphatic carbocycles. The Morgan fingerprint density at radius 2 is 1.72 bits per heavy atom. The lowest BCUT2D eigenvalue weighted by molar-refractivity contribution is 0.260. The summed E-state index contributed by atoms with van der Waals surface area (Å²) in [7, 11) is 4.04. The second-order valence-electron chi connectivity index (χ2n) is 8.22. The van der Waals surface area contributed by atoms with Crippen molar-refractivity contribution in [1.82, 2.24) is 9.88 Å². The maximum atomic E-state index is 10.4. The number of benzene rings is 1. The van der Waals surface area contributed by atoms with Crippen LogP contribution in [-0.2, 0) is 13.0 Å². The van der Waals surface area contributed by atoms with E-state index in [0.717, 1.165) is 60.5 Å². The molecule has 5 heteroatoms. The van der Waals surface area contributed by atoms with E-state index in [1.807, 2.05) is 45.3 Å². The van der Waals surface area contributed by atoms with Crippen LogP contribution < -0.4 is 9.47 Å². The molecule has 0 radical (unpaired) electrons. The summed E-state index contributed by atoms with van der Waals surface area (Å²) in [5.41, 5.74) is 2.78. The molecule has 160 valence electrons. The van der Waals surface area contributed by atoms with Gasteiger partial charge >= 0.3 is 0 Å².